The molecule has 1 unspecified atom stereocenters. The van der Waals surface area contributed by atoms with Crippen molar-refractivity contribution in [2.24, 2.45) is 5.92 Å². The summed E-state index contributed by atoms with van der Waals surface area (Å²) in [5.41, 5.74) is 0. The monoisotopic (exact) mass is 480 g/mol. The minimum Gasteiger partial charge on any atom is -0.407 e. The second kappa shape index (κ2) is 7.30. The summed E-state index contributed by atoms with van der Waals surface area (Å²) < 4.78 is 7.20. The van der Waals surface area contributed by atoms with Gasteiger partial charge in [-0.15, -0.1) is 0 Å². The third kappa shape index (κ3) is 3.69. The zero-order valence-electron chi connectivity index (χ0n) is 15.1. The highest BCUT2D eigenvalue weighted by Gasteiger charge is 2.55. The van der Waals surface area contributed by atoms with Crippen LogP contribution in [-0.2, 0) is 4.43 Å². The molecule has 1 fully saturated rings. The quantitative estimate of drug-likeness (QED) is 0.411. The Morgan fingerprint density at radius 2 is 1.48 bits per heavy atom. The minimum atomic E-state index is -2.38. The molecule has 2 aromatic rings. The Morgan fingerprint density at radius 1 is 1.00 bits per heavy atom. The van der Waals surface area contributed by atoms with Gasteiger partial charge in [-0.25, -0.2) is 0 Å². The van der Waals surface area contributed by atoms with Crippen molar-refractivity contribution < 1.29 is 4.43 Å². The Hall–Kier alpha value is -0.423. The van der Waals surface area contributed by atoms with Crippen LogP contribution < -0.4 is 10.4 Å². The van der Waals surface area contributed by atoms with E-state index in [0.717, 1.165) is 11.9 Å². The highest BCUT2D eigenvalue weighted by molar-refractivity contribution is 9.12. The van der Waals surface area contributed by atoms with Crippen LogP contribution in [-0.4, -0.2) is 24.6 Å². The molecular weight excluding hydrogens is 456 g/mol. The van der Waals surface area contributed by atoms with Gasteiger partial charge in [-0.1, -0.05) is 113 Å². The van der Waals surface area contributed by atoms with Gasteiger partial charge in [-0.2, -0.15) is 0 Å². The molecular formula is C21H26Br2OSi. The van der Waals surface area contributed by atoms with Crippen molar-refractivity contribution in [1.29, 1.82) is 0 Å². The number of benzene rings is 2. The predicted molar refractivity (Wildman–Crippen MR) is 117 cm³/mol. The van der Waals surface area contributed by atoms with E-state index in [-0.39, 0.29) is 9.36 Å². The van der Waals surface area contributed by atoms with Crippen molar-refractivity contribution in [2.45, 2.75) is 36.6 Å². The first kappa shape index (κ1) is 19.3. The van der Waals surface area contributed by atoms with Crippen LogP contribution in [0.1, 0.15) is 27.2 Å². The summed E-state index contributed by atoms with van der Waals surface area (Å²) in [6.07, 6.45) is 1.18. The van der Waals surface area contributed by atoms with Crippen molar-refractivity contribution in [1.82, 2.24) is 0 Å². The molecule has 1 aliphatic rings. The Bertz CT molecular complexity index is 659. The summed E-state index contributed by atoms with van der Waals surface area (Å²) in [6.45, 7) is 7.80. The van der Waals surface area contributed by atoms with Crippen LogP contribution in [0, 0.1) is 5.92 Å². The van der Waals surface area contributed by atoms with Crippen LogP contribution in [0.5, 0.6) is 0 Å². The van der Waals surface area contributed by atoms with E-state index in [0.29, 0.717) is 5.92 Å². The van der Waals surface area contributed by atoms with E-state index in [1.165, 1.54) is 16.8 Å². The normalized spacial score (nSPS) is 23.5. The second-order valence-electron chi connectivity index (χ2n) is 8.04. The third-order valence-electron chi connectivity index (χ3n) is 5.30. The van der Waals surface area contributed by atoms with Crippen molar-refractivity contribution in [3.05, 3.63) is 60.7 Å². The lowest BCUT2D eigenvalue weighted by Crippen LogP contribution is -2.66. The van der Waals surface area contributed by atoms with E-state index in [2.05, 4.69) is 113 Å². The molecule has 1 nitrogen and oxygen atoms in total. The molecule has 0 aliphatic heterocycles. The van der Waals surface area contributed by atoms with Gasteiger partial charge in [0.25, 0.3) is 8.32 Å². The zero-order chi connectivity index (χ0) is 18.1. The summed E-state index contributed by atoms with van der Waals surface area (Å²) >= 11 is 7.51. The lowest BCUT2D eigenvalue weighted by atomic mass is 10.2. The summed E-state index contributed by atoms with van der Waals surface area (Å²) in [6, 6.07) is 21.7. The molecule has 25 heavy (non-hydrogen) atoms. The lowest BCUT2D eigenvalue weighted by Gasteiger charge is -2.43. The highest BCUT2D eigenvalue weighted by Crippen LogP contribution is 2.53. The molecule has 134 valence electrons. The molecule has 1 saturated carbocycles. The Morgan fingerprint density at radius 3 is 1.84 bits per heavy atom. The van der Waals surface area contributed by atoms with E-state index >= 15 is 0 Å². The summed E-state index contributed by atoms with van der Waals surface area (Å²) in [5, 5.41) is 3.74. The SMILES string of the molecule is CC(C)(C)[Si](OC[C@@H]1CC1(Br)CBr)(c1ccccc1)c1ccccc1. The van der Waals surface area contributed by atoms with Crippen LogP contribution >= 0.6 is 31.9 Å². The van der Waals surface area contributed by atoms with E-state index in [1.807, 2.05) is 0 Å². The molecule has 0 N–H and O–H groups in total. The zero-order valence-corrected chi connectivity index (χ0v) is 19.3. The van der Waals surface area contributed by atoms with Crippen molar-refractivity contribution >= 4 is 50.6 Å². The van der Waals surface area contributed by atoms with Crippen LogP contribution in [0.4, 0.5) is 0 Å². The maximum Gasteiger partial charge on any atom is 0.261 e. The minimum absolute atomic E-state index is 0.0496. The number of halogens is 2. The van der Waals surface area contributed by atoms with E-state index in [9.17, 15) is 0 Å². The van der Waals surface area contributed by atoms with E-state index in [1.54, 1.807) is 0 Å². The van der Waals surface area contributed by atoms with Gasteiger partial charge in [0, 0.05) is 16.3 Å². The van der Waals surface area contributed by atoms with Gasteiger partial charge < -0.3 is 4.43 Å². The molecule has 0 saturated heterocycles. The molecule has 0 radical (unpaired) electrons. The predicted octanol–water partition coefficient (Wildman–Crippen LogP) is 5.11. The van der Waals surface area contributed by atoms with Crippen LogP contribution in [0.25, 0.3) is 0 Å². The second-order valence-corrected chi connectivity index (χ2v) is 14.5. The summed E-state index contributed by atoms with van der Waals surface area (Å²) in [5.74, 6) is 0.577. The van der Waals surface area contributed by atoms with Gasteiger partial charge in [-0.3, -0.25) is 0 Å². The third-order valence-corrected chi connectivity index (χ3v) is 13.3. The Labute approximate surface area is 169 Å². The molecule has 2 atom stereocenters. The average molecular weight is 482 g/mol. The maximum absolute atomic E-state index is 6.98. The van der Waals surface area contributed by atoms with Gasteiger partial charge in [-0.05, 0) is 27.8 Å². The van der Waals surface area contributed by atoms with Gasteiger partial charge in [0.15, 0.2) is 0 Å². The number of hydrogen-bond acceptors (Lipinski definition) is 1. The molecule has 1 aliphatic carbocycles. The van der Waals surface area contributed by atoms with Gasteiger partial charge >= 0.3 is 0 Å². The van der Waals surface area contributed by atoms with E-state index < -0.39 is 8.32 Å². The van der Waals surface area contributed by atoms with Crippen LogP contribution in [0.2, 0.25) is 5.04 Å². The molecule has 0 heterocycles. The fourth-order valence-corrected chi connectivity index (χ4v) is 9.53. The molecule has 0 spiro atoms. The van der Waals surface area contributed by atoms with Gasteiger partial charge in [0.05, 0.1) is 0 Å². The van der Waals surface area contributed by atoms with Crippen molar-refractivity contribution in [3.63, 3.8) is 0 Å². The summed E-state index contributed by atoms with van der Waals surface area (Å²) in [4.78, 5) is 0. The fourth-order valence-electron chi connectivity index (χ4n) is 3.71. The first-order valence-electron chi connectivity index (χ1n) is 8.83. The van der Waals surface area contributed by atoms with Gasteiger partial charge in [0.1, 0.15) is 0 Å². The lowest BCUT2D eigenvalue weighted by molar-refractivity contribution is 0.278. The standard InChI is InChI=1S/C21H26Br2OSi/c1-20(2,3)25(18-10-6-4-7-11-18,19-12-8-5-9-13-19)24-15-17-14-21(17,23)16-22/h4-13,17H,14-16H2,1-3H3/t17-,21?/m0/s1. The van der Waals surface area contributed by atoms with E-state index in [4.69, 9.17) is 4.43 Å². The first-order valence-corrected chi connectivity index (χ1v) is 12.7. The Balaban J connectivity index is 2.03. The topological polar surface area (TPSA) is 9.23 Å². The summed E-state index contributed by atoms with van der Waals surface area (Å²) in [7, 11) is -2.38. The van der Waals surface area contributed by atoms with Gasteiger partial charge in [0.2, 0.25) is 0 Å². The molecule has 0 amide bonds. The molecule has 0 aromatic heterocycles. The molecule has 4 heteroatoms. The van der Waals surface area contributed by atoms with Crippen molar-refractivity contribution in [2.75, 3.05) is 11.9 Å². The number of hydrogen-bond donors (Lipinski definition) is 0. The highest BCUT2D eigenvalue weighted by atomic mass is 79.9. The maximum atomic E-state index is 6.98. The smallest absolute Gasteiger partial charge is 0.261 e. The van der Waals surface area contributed by atoms with Crippen LogP contribution in [0.15, 0.2) is 60.7 Å². The molecule has 2 aromatic carbocycles. The first-order chi connectivity index (χ1) is 11.8. The van der Waals surface area contributed by atoms with Crippen molar-refractivity contribution in [3.8, 4) is 0 Å². The number of alkyl halides is 2. The molecule has 0 bridgehead atoms. The molecule has 3 rings (SSSR count). The Kier molecular flexibility index (Phi) is 5.65. The average Bonchev–Trinajstić information content (AvgIpc) is 3.27. The largest absolute Gasteiger partial charge is 0.407 e. The fraction of sp³-hybridized carbons (Fsp3) is 0.429. The number of rotatable bonds is 6. The van der Waals surface area contributed by atoms with Crippen LogP contribution in [0.3, 0.4) is 0 Å².